The smallest absolute Gasteiger partial charge is 0.262 e. The zero-order chi connectivity index (χ0) is 18.8. The van der Waals surface area contributed by atoms with Crippen LogP contribution < -0.4 is 5.32 Å². The van der Waals surface area contributed by atoms with E-state index in [1.165, 1.54) is 11.3 Å². The van der Waals surface area contributed by atoms with Crippen LogP contribution in [0.2, 0.25) is 0 Å². The van der Waals surface area contributed by atoms with Crippen LogP contribution in [0, 0.1) is 6.92 Å². The topological polar surface area (TPSA) is 76.5 Å². The van der Waals surface area contributed by atoms with E-state index in [9.17, 15) is 9.59 Å². The molecule has 0 aromatic carbocycles. The van der Waals surface area contributed by atoms with Crippen LogP contribution >= 0.6 is 11.3 Å². The molecule has 26 heavy (non-hydrogen) atoms. The number of likely N-dealkylation sites (tertiary alicyclic amines) is 1. The summed E-state index contributed by atoms with van der Waals surface area (Å²) in [5, 5.41) is 8.17. The Morgan fingerprint density at radius 3 is 2.73 bits per heavy atom. The van der Waals surface area contributed by atoms with Crippen molar-refractivity contribution in [2.75, 3.05) is 19.7 Å². The Morgan fingerprint density at radius 1 is 1.42 bits per heavy atom. The number of nitrogens with zero attached hydrogens (tertiary/aromatic N) is 3. The van der Waals surface area contributed by atoms with Crippen LogP contribution in [-0.2, 0) is 16.6 Å². The van der Waals surface area contributed by atoms with Crippen molar-refractivity contribution < 1.29 is 14.3 Å². The summed E-state index contributed by atoms with van der Waals surface area (Å²) in [6.07, 6.45) is 1.94. The number of amides is 2. The molecule has 8 heteroatoms. The molecule has 2 amide bonds. The molecule has 0 bridgehead atoms. The summed E-state index contributed by atoms with van der Waals surface area (Å²) in [4.78, 5) is 28.6. The lowest BCUT2D eigenvalue weighted by Gasteiger charge is -2.33. The Labute approximate surface area is 157 Å². The van der Waals surface area contributed by atoms with Gasteiger partial charge in [0.1, 0.15) is 10.9 Å². The summed E-state index contributed by atoms with van der Waals surface area (Å²) >= 11 is 1.39. The number of nitrogens with one attached hydrogen (secondary N) is 1. The maximum atomic E-state index is 12.6. The molecule has 1 saturated heterocycles. The molecule has 1 aliphatic heterocycles. The minimum atomic E-state index is -0.546. The SMILES string of the molecule is CCOC1CCN(C(=O)C(C)NC(=O)c2cc3c(C)nn(C)c3s2)CC1. The highest BCUT2D eigenvalue weighted by atomic mass is 32.1. The predicted octanol–water partition coefficient (Wildman–Crippen LogP) is 2.09. The summed E-state index contributed by atoms with van der Waals surface area (Å²) in [7, 11) is 1.87. The number of thiophene rings is 1. The maximum Gasteiger partial charge on any atom is 0.262 e. The van der Waals surface area contributed by atoms with Gasteiger partial charge in [0.15, 0.2) is 0 Å². The molecule has 1 fully saturated rings. The van der Waals surface area contributed by atoms with E-state index in [1.807, 2.05) is 31.9 Å². The number of hydrogen-bond donors (Lipinski definition) is 1. The Balaban J connectivity index is 1.59. The third-order valence-corrected chi connectivity index (χ3v) is 5.99. The van der Waals surface area contributed by atoms with Gasteiger partial charge < -0.3 is 15.0 Å². The highest BCUT2D eigenvalue weighted by Crippen LogP contribution is 2.27. The molecule has 0 spiro atoms. The first-order valence-corrected chi connectivity index (χ1v) is 9.86. The van der Waals surface area contributed by atoms with Gasteiger partial charge in [0.25, 0.3) is 5.91 Å². The summed E-state index contributed by atoms with van der Waals surface area (Å²) in [6, 6.07) is 1.30. The number of aromatic nitrogens is 2. The average molecular weight is 378 g/mol. The van der Waals surface area contributed by atoms with E-state index in [-0.39, 0.29) is 17.9 Å². The molecular formula is C18H26N4O3S. The van der Waals surface area contributed by atoms with Crippen LogP contribution in [0.4, 0.5) is 0 Å². The van der Waals surface area contributed by atoms with E-state index in [0.717, 1.165) is 28.8 Å². The third kappa shape index (κ3) is 3.76. The molecule has 0 saturated carbocycles. The Kier molecular flexibility index (Phi) is 5.62. The predicted molar refractivity (Wildman–Crippen MR) is 101 cm³/mol. The largest absolute Gasteiger partial charge is 0.378 e. The van der Waals surface area contributed by atoms with Gasteiger partial charge in [0, 0.05) is 32.1 Å². The molecular weight excluding hydrogens is 352 g/mol. The summed E-state index contributed by atoms with van der Waals surface area (Å²) in [6.45, 7) is 7.72. The van der Waals surface area contributed by atoms with Crippen molar-refractivity contribution in [1.29, 1.82) is 0 Å². The Bertz CT molecular complexity index is 770. The first-order chi connectivity index (χ1) is 12.4. The van der Waals surface area contributed by atoms with E-state index < -0.39 is 6.04 Å². The van der Waals surface area contributed by atoms with Gasteiger partial charge >= 0.3 is 0 Å². The molecule has 0 radical (unpaired) electrons. The van der Waals surface area contributed by atoms with Crippen molar-refractivity contribution in [2.24, 2.45) is 7.05 Å². The van der Waals surface area contributed by atoms with Crippen LogP contribution in [0.25, 0.3) is 10.2 Å². The number of hydrogen-bond acceptors (Lipinski definition) is 5. The van der Waals surface area contributed by atoms with Gasteiger partial charge in [0.05, 0.1) is 16.7 Å². The molecule has 2 aromatic rings. The van der Waals surface area contributed by atoms with Crippen LogP contribution in [0.5, 0.6) is 0 Å². The fraction of sp³-hybridized carbons (Fsp3) is 0.611. The monoisotopic (exact) mass is 378 g/mol. The van der Waals surface area contributed by atoms with Gasteiger partial charge in [-0.1, -0.05) is 0 Å². The van der Waals surface area contributed by atoms with E-state index in [2.05, 4.69) is 10.4 Å². The lowest BCUT2D eigenvalue weighted by atomic mass is 10.1. The minimum Gasteiger partial charge on any atom is -0.378 e. The summed E-state index contributed by atoms with van der Waals surface area (Å²) in [5.74, 6) is -0.247. The zero-order valence-corrected chi connectivity index (χ0v) is 16.6. The van der Waals surface area contributed by atoms with E-state index in [0.29, 0.717) is 24.6 Å². The molecule has 142 valence electrons. The molecule has 3 rings (SSSR count). The fourth-order valence-corrected chi connectivity index (χ4v) is 4.43. The number of carbonyl (C=O) groups excluding carboxylic acids is 2. The van der Waals surface area contributed by atoms with Crippen LogP contribution in [-0.4, -0.2) is 58.3 Å². The molecule has 2 aromatic heterocycles. The van der Waals surface area contributed by atoms with Crippen LogP contribution in [0.15, 0.2) is 6.07 Å². The van der Waals surface area contributed by atoms with E-state index in [1.54, 1.807) is 11.6 Å². The number of ether oxygens (including phenoxy) is 1. The highest BCUT2D eigenvalue weighted by molar-refractivity contribution is 7.20. The fourth-order valence-electron chi connectivity index (χ4n) is 3.40. The first-order valence-electron chi connectivity index (χ1n) is 9.05. The van der Waals surface area contributed by atoms with Crippen molar-refractivity contribution in [1.82, 2.24) is 20.0 Å². The Morgan fingerprint density at radius 2 is 2.12 bits per heavy atom. The molecule has 1 N–H and O–H groups in total. The standard InChI is InChI=1S/C18H26N4O3S/c1-5-25-13-6-8-22(9-7-13)17(24)12(3)19-16(23)15-10-14-11(2)20-21(4)18(14)26-15/h10,12-13H,5-9H2,1-4H3,(H,19,23). The molecule has 7 nitrogen and oxygen atoms in total. The maximum absolute atomic E-state index is 12.6. The lowest BCUT2D eigenvalue weighted by Crippen LogP contribution is -2.50. The third-order valence-electron chi connectivity index (χ3n) is 4.79. The molecule has 1 unspecified atom stereocenters. The van der Waals surface area contributed by atoms with Gasteiger partial charge in [-0.25, -0.2) is 0 Å². The second-order valence-corrected chi connectivity index (χ2v) is 7.74. The van der Waals surface area contributed by atoms with Gasteiger partial charge in [0.2, 0.25) is 5.91 Å². The van der Waals surface area contributed by atoms with Crippen molar-refractivity contribution in [3.8, 4) is 0 Å². The van der Waals surface area contributed by atoms with Crippen molar-refractivity contribution >= 4 is 33.4 Å². The van der Waals surface area contributed by atoms with Crippen molar-refractivity contribution in [3.05, 3.63) is 16.6 Å². The van der Waals surface area contributed by atoms with Gasteiger partial charge in [-0.2, -0.15) is 5.10 Å². The Hall–Kier alpha value is -1.93. The summed E-state index contributed by atoms with van der Waals surface area (Å²) in [5.41, 5.74) is 0.902. The quantitative estimate of drug-likeness (QED) is 0.864. The second-order valence-electron chi connectivity index (χ2n) is 6.71. The number of carbonyl (C=O) groups is 2. The zero-order valence-electron chi connectivity index (χ0n) is 15.7. The van der Waals surface area contributed by atoms with Crippen molar-refractivity contribution in [3.63, 3.8) is 0 Å². The highest BCUT2D eigenvalue weighted by Gasteiger charge is 2.27. The summed E-state index contributed by atoms with van der Waals surface area (Å²) < 4.78 is 7.40. The van der Waals surface area contributed by atoms with Crippen LogP contribution in [0.3, 0.4) is 0 Å². The van der Waals surface area contributed by atoms with E-state index in [4.69, 9.17) is 4.74 Å². The second kappa shape index (κ2) is 7.75. The van der Waals surface area contributed by atoms with Crippen molar-refractivity contribution in [2.45, 2.75) is 45.8 Å². The average Bonchev–Trinajstić information content (AvgIpc) is 3.17. The molecule has 3 heterocycles. The molecule has 0 aliphatic carbocycles. The number of aryl methyl sites for hydroxylation is 2. The number of fused-ring (bicyclic) bond motifs is 1. The normalized spacial score (nSPS) is 16.8. The first kappa shape index (κ1) is 18.8. The van der Waals surface area contributed by atoms with Gasteiger partial charge in [-0.3, -0.25) is 14.3 Å². The molecule has 1 atom stereocenters. The number of rotatable bonds is 5. The lowest BCUT2D eigenvalue weighted by molar-refractivity contribution is -0.135. The van der Waals surface area contributed by atoms with E-state index >= 15 is 0 Å². The van der Waals surface area contributed by atoms with Gasteiger partial charge in [-0.05, 0) is 39.7 Å². The molecule has 1 aliphatic rings. The van der Waals surface area contributed by atoms with Gasteiger partial charge in [-0.15, -0.1) is 11.3 Å². The van der Waals surface area contributed by atoms with Crippen LogP contribution in [0.1, 0.15) is 42.1 Å². The minimum absolute atomic E-state index is 0.0349. The number of piperidine rings is 1.